The van der Waals surface area contributed by atoms with E-state index in [2.05, 4.69) is 31.2 Å². The smallest absolute Gasteiger partial charge is 0.345 e. The fraction of sp³-hybridized carbons (Fsp3) is 0.438. The molecule has 124 valence electrons. The molecule has 0 unspecified atom stereocenters. The maximum Gasteiger partial charge on any atom is 0.345 e. The molecule has 2 N–H and O–H groups in total. The van der Waals surface area contributed by atoms with Crippen LogP contribution in [-0.4, -0.2) is 26.8 Å². The lowest BCUT2D eigenvalue weighted by molar-refractivity contribution is 0.0702. The van der Waals surface area contributed by atoms with E-state index < -0.39 is 5.97 Å². The Labute approximate surface area is 139 Å². The Morgan fingerprint density at radius 2 is 1.91 bits per heavy atom. The van der Waals surface area contributed by atoms with Gasteiger partial charge in [-0.3, -0.25) is 9.48 Å². The van der Waals surface area contributed by atoms with Crippen LogP contribution < -0.4 is 5.32 Å². The van der Waals surface area contributed by atoms with Crippen molar-refractivity contribution in [2.75, 3.05) is 0 Å². The van der Waals surface area contributed by atoms with Gasteiger partial charge in [0, 0.05) is 11.8 Å². The maximum atomic E-state index is 12.3. The zero-order valence-electron chi connectivity index (χ0n) is 13.9. The van der Waals surface area contributed by atoms with Gasteiger partial charge in [-0.25, -0.2) is 4.79 Å². The number of carboxylic acid groups (broad SMARTS) is 1. The summed E-state index contributed by atoms with van der Waals surface area (Å²) in [6, 6.07) is 2.76. The molecule has 2 rings (SSSR count). The van der Waals surface area contributed by atoms with Crippen LogP contribution in [0.25, 0.3) is 0 Å². The Morgan fingerprint density at radius 3 is 2.39 bits per heavy atom. The molecule has 0 bridgehead atoms. The highest BCUT2D eigenvalue weighted by Gasteiger charge is 2.21. The van der Waals surface area contributed by atoms with Crippen molar-refractivity contribution in [2.24, 2.45) is 0 Å². The van der Waals surface area contributed by atoms with Crippen LogP contribution in [0.3, 0.4) is 0 Å². The van der Waals surface area contributed by atoms with E-state index in [1.165, 1.54) is 12.1 Å². The summed E-state index contributed by atoms with van der Waals surface area (Å²) in [4.78, 5) is 23.7. The number of aryl methyl sites for hydroxylation is 1. The zero-order valence-corrected chi connectivity index (χ0v) is 14.7. The molecule has 0 aliphatic heterocycles. The number of carboxylic acids is 1. The van der Waals surface area contributed by atoms with Gasteiger partial charge in [-0.05, 0) is 46.8 Å². The minimum absolute atomic E-state index is 0.128. The fourth-order valence-corrected chi connectivity index (χ4v) is 2.91. The van der Waals surface area contributed by atoms with Crippen molar-refractivity contribution in [1.82, 2.24) is 15.1 Å². The quantitative estimate of drug-likeness (QED) is 0.898. The second kappa shape index (κ2) is 6.16. The molecular formula is C16H21N3O3S. The van der Waals surface area contributed by atoms with Gasteiger partial charge in [0.05, 0.1) is 22.2 Å². The third-order valence-electron chi connectivity index (χ3n) is 3.48. The van der Waals surface area contributed by atoms with Crippen LogP contribution in [-0.2, 0) is 5.54 Å². The maximum absolute atomic E-state index is 12.3. The minimum atomic E-state index is -1.02. The topological polar surface area (TPSA) is 84.2 Å². The SMILES string of the molecule is Cc1nn(C(C)(C)C)cc1[C@@H](C)NC(=O)c1ccc(C(=O)O)s1. The van der Waals surface area contributed by atoms with Crippen molar-refractivity contribution in [1.29, 1.82) is 0 Å². The molecule has 6 nitrogen and oxygen atoms in total. The lowest BCUT2D eigenvalue weighted by atomic mass is 10.1. The summed E-state index contributed by atoms with van der Waals surface area (Å²) in [7, 11) is 0. The van der Waals surface area contributed by atoms with Gasteiger partial charge in [-0.1, -0.05) is 0 Å². The van der Waals surface area contributed by atoms with Gasteiger partial charge in [-0.15, -0.1) is 11.3 Å². The second-order valence-corrected chi connectivity index (χ2v) is 7.53. The number of carbonyl (C=O) groups is 2. The number of hydrogen-bond acceptors (Lipinski definition) is 4. The van der Waals surface area contributed by atoms with Gasteiger partial charge in [0.25, 0.3) is 5.91 Å². The van der Waals surface area contributed by atoms with Crippen molar-refractivity contribution in [3.8, 4) is 0 Å². The van der Waals surface area contributed by atoms with E-state index in [4.69, 9.17) is 5.11 Å². The van der Waals surface area contributed by atoms with Crippen LogP contribution in [0.2, 0.25) is 0 Å². The van der Waals surface area contributed by atoms with Gasteiger partial charge in [0.2, 0.25) is 0 Å². The van der Waals surface area contributed by atoms with E-state index in [1.807, 2.05) is 24.7 Å². The van der Waals surface area contributed by atoms with Gasteiger partial charge in [0.15, 0.2) is 0 Å². The third-order valence-corrected chi connectivity index (χ3v) is 4.55. The number of nitrogens with one attached hydrogen (secondary N) is 1. The highest BCUT2D eigenvalue weighted by Crippen LogP contribution is 2.22. The molecule has 2 aromatic rings. The highest BCUT2D eigenvalue weighted by atomic mass is 32.1. The Morgan fingerprint density at radius 1 is 1.30 bits per heavy atom. The van der Waals surface area contributed by atoms with Crippen LogP contribution in [0.4, 0.5) is 0 Å². The number of thiophene rings is 1. The summed E-state index contributed by atoms with van der Waals surface area (Å²) in [5.41, 5.74) is 1.69. The molecule has 0 fully saturated rings. The highest BCUT2D eigenvalue weighted by molar-refractivity contribution is 7.15. The van der Waals surface area contributed by atoms with Crippen LogP contribution >= 0.6 is 11.3 Å². The van der Waals surface area contributed by atoms with Gasteiger partial charge < -0.3 is 10.4 Å². The van der Waals surface area contributed by atoms with Crippen LogP contribution in [0.5, 0.6) is 0 Å². The van der Waals surface area contributed by atoms with Gasteiger partial charge in [0.1, 0.15) is 4.88 Å². The van der Waals surface area contributed by atoms with Crippen molar-refractivity contribution >= 4 is 23.2 Å². The molecule has 0 aliphatic carbocycles. The van der Waals surface area contributed by atoms with Crippen LogP contribution in [0, 0.1) is 6.92 Å². The van der Waals surface area contributed by atoms with Crippen molar-refractivity contribution in [3.63, 3.8) is 0 Å². The molecule has 1 atom stereocenters. The molecular weight excluding hydrogens is 314 g/mol. The third kappa shape index (κ3) is 3.79. The average Bonchev–Trinajstić information content (AvgIpc) is 3.04. The van der Waals surface area contributed by atoms with Crippen LogP contribution in [0.15, 0.2) is 18.3 Å². The van der Waals surface area contributed by atoms with Crippen molar-refractivity contribution in [3.05, 3.63) is 39.3 Å². The first-order chi connectivity index (χ1) is 10.6. The Bertz CT molecular complexity index is 740. The van der Waals surface area contributed by atoms with Crippen molar-refractivity contribution in [2.45, 2.75) is 46.2 Å². The number of aromatic carboxylic acids is 1. The molecule has 2 heterocycles. The summed E-state index contributed by atoms with van der Waals surface area (Å²) in [5, 5.41) is 16.3. The van der Waals surface area contributed by atoms with E-state index in [0.717, 1.165) is 22.6 Å². The predicted molar refractivity (Wildman–Crippen MR) is 89.1 cm³/mol. The molecule has 7 heteroatoms. The molecule has 2 aromatic heterocycles. The normalized spacial score (nSPS) is 12.9. The lowest BCUT2D eigenvalue weighted by Gasteiger charge is -2.19. The Kier molecular flexibility index (Phi) is 4.61. The average molecular weight is 335 g/mol. The molecule has 0 saturated carbocycles. The summed E-state index contributed by atoms with van der Waals surface area (Å²) >= 11 is 0.968. The van der Waals surface area contributed by atoms with Crippen LogP contribution in [0.1, 0.15) is 64.3 Å². The van der Waals surface area contributed by atoms with E-state index in [0.29, 0.717) is 4.88 Å². The number of amides is 1. The minimum Gasteiger partial charge on any atom is -0.477 e. The first-order valence-corrected chi connectivity index (χ1v) is 8.12. The summed E-state index contributed by atoms with van der Waals surface area (Å²) in [5.74, 6) is -1.30. The Hall–Kier alpha value is -2.15. The fourth-order valence-electron chi connectivity index (χ4n) is 2.16. The number of aromatic nitrogens is 2. The Balaban J connectivity index is 2.15. The number of nitrogens with zero attached hydrogens (tertiary/aromatic N) is 2. The van der Waals surface area contributed by atoms with E-state index in [-0.39, 0.29) is 22.4 Å². The lowest BCUT2D eigenvalue weighted by Crippen LogP contribution is -2.26. The number of carbonyl (C=O) groups excluding carboxylic acids is 1. The molecule has 0 radical (unpaired) electrons. The predicted octanol–water partition coefficient (Wildman–Crippen LogP) is 3.20. The number of hydrogen-bond donors (Lipinski definition) is 2. The van der Waals surface area contributed by atoms with Gasteiger partial charge >= 0.3 is 5.97 Å². The summed E-state index contributed by atoms with van der Waals surface area (Å²) in [6.07, 6.45) is 1.94. The van der Waals surface area contributed by atoms with E-state index in [1.54, 1.807) is 0 Å². The molecule has 0 saturated heterocycles. The van der Waals surface area contributed by atoms with Crippen molar-refractivity contribution < 1.29 is 14.7 Å². The molecule has 1 amide bonds. The summed E-state index contributed by atoms with van der Waals surface area (Å²) < 4.78 is 1.88. The first kappa shape index (κ1) is 17.2. The molecule has 0 aliphatic rings. The monoisotopic (exact) mass is 335 g/mol. The molecule has 0 spiro atoms. The summed E-state index contributed by atoms with van der Waals surface area (Å²) in [6.45, 7) is 9.98. The van der Waals surface area contributed by atoms with Gasteiger partial charge in [-0.2, -0.15) is 5.10 Å². The standard InChI is InChI=1S/C16H21N3O3S/c1-9(11-8-19(16(3,4)5)18-10(11)2)17-14(20)12-6-7-13(23-12)15(21)22/h6-9H,1-5H3,(H,17,20)(H,21,22)/t9-/m1/s1. The van der Waals surface area contributed by atoms with E-state index >= 15 is 0 Å². The zero-order chi connectivity index (χ0) is 17.4. The molecule has 23 heavy (non-hydrogen) atoms. The first-order valence-electron chi connectivity index (χ1n) is 7.30. The second-order valence-electron chi connectivity index (χ2n) is 6.45. The van der Waals surface area contributed by atoms with E-state index in [9.17, 15) is 9.59 Å². The number of rotatable bonds is 4. The largest absolute Gasteiger partial charge is 0.477 e. The molecule has 0 aromatic carbocycles.